The Morgan fingerprint density at radius 2 is 2.08 bits per heavy atom. The first kappa shape index (κ1) is 17.4. The van der Waals surface area contributed by atoms with E-state index < -0.39 is 0 Å². The van der Waals surface area contributed by atoms with E-state index in [1.165, 1.54) is 0 Å². The van der Waals surface area contributed by atoms with Crippen molar-refractivity contribution < 1.29 is 9.53 Å². The van der Waals surface area contributed by atoms with Gasteiger partial charge in [0.2, 0.25) is 0 Å². The van der Waals surface area contributed by atoms with Crippen LogP contribution >= 0.6 is 0 Å². The molecule has 1 aliphatic rings. The summed E-state index contributed by atoms with van der Waals surface area (Å²) in [5, 5.41) is 2.98. The molecule has 0 saturated carbocycles. The van der Waals surface area contributed by atoms with E-state index in [9.17, 15) is 9.59 Å². The number of amides is 1. The second kappa shape index (κ2) is 8.12. The Hall–Kier alpha value is -2.40. The minimum atomic E-state index is -0.110. The predicted molar refractivity (Wildman–Crippen MR) is 97.9 cm³/mol. The third-order valence-electron chi connectivity index (χ3n) is 4.48. The van der Waals surface area contributed by atoms with Gasteiger partial charge in [0, 0.05) is 43.6 Å². The third kappa shape index (κ3) is 3.82. The fourth-order valence-corrected chi connectivity index (χ4v) is 3.31. The van der Waals surface area contributed by atoms with Gasteiger partial charge in [0.05, 0.1) is 5.56 Å². The SMILES string of the molecule is CCOCCCNC(=O)c1c(-c2ccccc2)cc(=O)n2c1CCC2. The predicted octanol–water partition coefficient (Wildman–Crippen LogP) is 2.62. The molecular formula is C20H24N2O3. The highest BCUT2D eigenvalue weighted by Crippen LogP contribution is 2.28. The van der Waals surface area contributed by atoms with Crippen LogP contribution in [0.15, 0.2) is 41.2 Å². The topological polar surface area (TPSA) is 60.3 Å². The quantitative estimate of drug-likeness (QED) is 0.788. The number of hydrogen-bond acceptors (Lipinski definition) is 3. The average molecular weight is 340 g/mol. The van der Waals surface area contributed by atoms with E-state index in [2.05, 4.69) is 5.32 Å². The molecule has 0 fully saturated rings. The second-order valence-corrected chi connectivity index (χ2v) is 6.15. The molecule has 0 bridgehead atoms. The summed E-state index contributed by atoms with van der Waals surface area (Å²) in [5.74, 6) is -0.110. The Morgan fingerprint density at radius 1 is 1.28 bits per heavy atom. The molecule has 1 aliphatic heterocycles. The molecule has 1 amide bonds. The van der Waals surface area contributed by atoms with Gasteiger partial charge in [-0.15, -0.1) is 0 Å². The summed E-state index contributed by atoms with van der Waals surface area (Å²) in [5.41, 5.74) is 3.09. The highest BCUT2D eigenvalue weighted by Gasteiger charge is 2.24. The summed E-state index contributed by atoms with van der Waals surface area (Å²) in [7, 11) is 0. The van der Waals surface area contributed by atoms with Crippen LogP contribution in [0.5, 0.6) is 0 Å². The van der Waals surface area contributed by atoms with Crippen LogP contribution in [0.2, 0.25) is 0 Å². The highest BCUT2D eigenvalue weighted by atomic mass is 16.5. The van der Waals surface area contributed by atoms with Crippen LogP contribution in [0.25, 0.3) is 11.1 Å². The lowest BCUT2D eigenvalue weighted by molar-refractivity contribution is 0.0943. The van der Waals surface area contributed by atoms with Crippen molar-refractivity contribution in [3.8, 4) is 11.1 Å². The lowest BCUT2D eigenvalue weighted by Crippen LogP contribution is -2.30. The summed E-state index contributed by atoms with van der Waals surface area (Å²) in [6.07, 6.45) is 2.44. The largest absolute Gasteiger partial charge is 0.382 e. The van der Waals surface area contributed by atoms with Crippen LogP contribution in [-0.4, -0.2) is 30.2 Å². The number of pyridine rings is 1. The Kier molecular flexibility index (Phi) is 5.66. The van der Waals surface area contributed by atoms with E-state index in [0.717, 1.165) is 36.1 Å². The summed E-state index contributed by atoms with van der Waals surface area (Å²) in [4.78, 5) is 25.3. The number of rotatable bonds is 7. The molecular weight excluding hydrogens is 316 g/mol. The molecule has 5 nitrogen and oxygen atoms in total. The van der Waals surface area contributed by atoms with E-state index >= 15 is 0 Å². The van der Waals surface area contributed by atoms with Gasteiger partial charge >= 0.3 is 0 Å². The van der Waals surface area contributed by atoms with Crippen LogP contribution in [0.4, 0.5) is 0 Å². The molecule has 25 heavy (non-hydrogen) atoms. The zero-order valence-corrected chi connectivity index (χ0v) is 14.6. The molecule has 132 valence electrons. The first-order valence-electron chi connectivity index (χ1n) is 8.90. The van der Waals surface area contributed by atoms with E-state index in [-0.39, 0.29) is 11.5 Å². The van der Waals surface area contributed by atoms with Gasteiger partial charge < -0.3 is 14.6 Å². The zero-order valence-electron chi connectivity index (χ0n) is 14.6. The Bertz CT molecular complexity index is 797. The smallest absolute Gasteiger partial charge is 0.253 e. The molecule has 0 aliphatic carbocycles. The fraction of sp³-hybridized carbons (Fsp3) is 0.400. The van der Waals surface area contributed by atoms with E-state index in [1.54, 1.807) is 10.6 Å². The van der Waals surface area contributed by atoms with Crippen LogP contribution in [0.3, 0.4) is 0 Å². The van der Waals surface area contributed by atoms with Crippen molar-refractivity contribution in [3.05, 3.63) is 58.0 Å². The monoisotopic (exact) mass is 340 g/mol. The van der Waals surface area contributed by atoms with Crippen LogP contribution < -0.4 is 10.9 Å². The minimum Gasteiger partial charge on any atom is -0.382 e. The number of nitrogens with one attached hydrogen (secondary N) is 1. The normalized spacial score (nSPS) is 12.8. The maximum absolute atomic E-state index is 12.9. The van der Waals surface area contributed by atoms with Gasteiger partial charge in [-0.05, 0) is 31.7 Å². The maximum Gasteiger partial charge on any atom is 0.253 e. The molecule has 0 saturated heterocycles. The molecule has 0 radical (unpaired) electrons. The van der Waals surface area contributed by atoms with Gasteiger partial charge in [-0.3, -0.25) is 9.59 Å². The maximum atomic E-state index is 12.9. The Labute approximate surface area is 147 Å². The molecule has 0 atom stereocenters. The average Bonchev–Trinajstić information content (AvgIpc) is 3.12. The van der Waals surface area contributed by atoms with Gasteiger partial charge in [0.25, 0.3) is 11.5 Å². The number of hydrogen-bond donors (Lipinski definition) is 1. The molecule has 3 rings (SSSR count). The molecule has 0 unspecified atom stereocenters. The first-order chi connectivity index (χ1) is 12.2. The summed E-state index contributed by atoms with van der Waals surface area (Å²) >= 11 is 0. The summed E-state index contributed by atoms with van der Waals surface area (Å²) in [6, 6.07) is 11.2. The van der Waals surface area contributed by atoms with Crippen molar-refractivity contribution in [3.63, 3.8) is 0 Å². The van der Waals surface area contributed by atoms with Crippen LogP contribution in [-0.2, 0) is 17.7 Å². The Balaban J connectivity index is 1.92. The molecule has 2 heterocycles. The number of carbonyl (C=O) groups excluding carboxylic acids is 1. The molecule has 1 aromatic heterocycles. The van der Waals surface area contributed by atoms with E-state index in [4.69, 9.17) is 4.74 Å². The van der Waals surface area contributed by atoms with Gasteiger partial charge in [-0.1, -0.05) is 30.3 Å². The Morgan fingerprint density at radius 3 is 2.84 bits per heavy atom. The van der Waals surface area contributed by atoms with E-state index in [1.807, 2.05) is 37.3 Å². The number of benzene rings is 1. The zero-order chi connectivity index (χ0) is 17.6. The standard InChI is InChI=1S/C20H24N2O3/c1-2-25-13-7-11-21-20(24)19-16(15-8-4-3-5-9-15)14-18(23)22-12-6-10-17(19)22/h3-5,8-9,14H,2,6-7,10-13H2,1H3,(H,21,24). The van der Waals surface area contributed by atoms with Gasteiger partial charge in [-0.25, -0.2) is 0 Å². The lowest BCUT2D eigenvalue weighted by atomic mass is 9.97. The highest BCUT2D eigenvalue weighted by molar-refractivity contribution is 6.02. The number of aromatic nitrogens is 1. The van der Waals surface area contributed by atoms with Crippen molar-refractivity contribution in [2.75, 3.05) is 19.8 Å². The van der Waals surface area contributed by atoms with Crippen molar-refractivity contribution >= 4 is 5.91 Å². The minimum absolute atomic E-state index is 0.0285. The van der Waals surface area contributed by atoms with Gasteiger partial charge in [-0.2, -0.15) is 0 Å². The molecule has 5 heteroatoms. The van der Waals surface area contributed by atoms with Crippen molar-refractivity contribution in [1.82, 2.24) is 9.88 Å². The van der Waals surface area contributed by atoms with E-state index in [0.29, 0.717) is 31.9 Å². The molecule has 1 aromatic carbocycles. The number of nitrogens with zero attached hydrogens (tertiary/aromatic N) is 1. The van der Waals surface area contributed by atoms with Crippen molar-refractivity contribution in [2.45, 2.75) is 32.7 Å². The summed E-state index contributed by atoms with van der Waals surface area (Å²) in [6.45, 7) is 4.52. The number of fused-ring (bicyclic) bond motifs is 1. The van der Waals surface area contributed by atoms with Gasteiger partial charge in [0.15, 0.2) is 0 Å². The van der Waals surface area contributed by atoms with Crippen molar-refractivity contribution in [1.29, 1.82) is 0 Å². The number of carbonyl (C=O) groups is 1. The molecule has 2 aromatic rings. The summed E-state index contributed by atoms with van der Waals surface area (Å²) < 4.78 is 7.04. The van der Waals surface area contributed by atoms with Gasteiger partial charge in [0.1, 0.15) is 0 Å². The molecule has 1 N–H and O–H groups in total. The van der Waals surface area contributed by atoms with Crippen LogP contribution in [0, 0.1) is 0 Å². The second-order valence-electron chi connectivity index (χ2n) is 6.15. The van der Waals surface area contributed by atoms with Crippen LogP contribution in [0.1, 0.15) is 35.8 Å². The number of ether oxygens (including phenoxy) is 1. The first-order valence-corrected chi connectivity index (χ1v) is 8.90. The molecule has 0 spiro atoms. The lowest BCUT2D eigenvalue weighted by Gasteiger charge is -2.15. The third-order valence-corrected chi connectivity index (χ3v) is 4.48. The fourth-order valence-electron chi connectivity index (χ4n) is 3.31. The van der Waals surface area contributed by atoms with Crippen molar-refractivity contribution in [2.24, 2.45) is 0 Å².